The molecule has 2 aromatic heterocycles. The molecule has 2 heterocycles. The van der Waals surface area contributed by atoms with Gasteiger partial charge in [0.25, 0.3) is 5.91 Å². The molecule has 0 bridgehead atoms. The van der Waals surface area contributed by atoms with E-state index in [4.69, 9.17) is 4.42 Å². The highest BCUT2D eigenvalue weighted by molar-refractivity contribution is 6.07. The van der Waals surface area contributed by atoms with Crippen molar-refractivity contribution in [3.63, 3.8) is 0 Å². The lowest BCUT2D eigenvalue weighted by Crippen LogP contribution is -2.14. The van der Waals surface area contributed by atoms with Crippen LogP contribution in [0, 0.1) is 18.3 Å². The fourth-order valence-corrected chi connectivity index (χ4v) is 3.40. The summed E-state index contributed by atoms with van der Waals surface area (Å²) in [6.45, 7) is 1.70. The number of nitrogens with zero attached hydrogens (tertiary/aromatic N) is 2. The molecule has 3 aromatic rings. The summed E-state index contributed by atoms with van der Waals surface area (Å²) >= 11 is 0. The fraction of sp³-hybridized carbons (Fsp3) is 0.200. The third-order valence-corrected chi connectivity index (χ3v) is 4.60. The molecule has 0 saturated carbocycles. The molecule has 25 heavy (non-hydrogen) atoms. The average Bonchev–Trinajstić information content (AvgIpc) is 3.33. The van der Waals surface area contributed by atoms with Crippen LogP contribution in [0.3, 0.4) is 0 Å². The summed E-state index contributed by atoms with van der Waals surface area (Å²) in [6, 6.07) is 11.8. The first-order valence-electron chi connectivity index (χ1n) is 8.27. The van der Waals surface area contributed by atoms with Gasteiger partial charge in [-0.3, -0.25) is 9.36 Å². The normalized spacial score (nSPS) is 12.6. The van der Waals surface area contributed by atoms with E-state index in [0.29, 0.717) is 11.6 Å². The van der Waals surface area contributed by atoms with E-state index < -0.39 is 0 Å². The van der Waals surface area contributed by atoms with E-state index in [1.165, 1.54) is 11.1 Å². The third-order valence-electron chi connectivity index (χ3n) is 4.60. The highest BCUT2D eigenvalue weighted by Gasteiger charge is 2.24. The molecule has 1 aromatic carbocycles. The number of nitrogens with one attached hydrogen (secondary N) is 1. The summed E-state index contributed by atoms with van der Waals surface area (Å²) in [7, 11) is 0. The number of amides is 1. The van der Waals surface area contributed by atoms with Crippen molar-refractivity contribution in [3.8, 4) is 12.0 Å². The van der Waals surface area contributed by atoms with Crippen LogP contribution in [0.5, 0.6) is 0 Å². The summed E-state index contributed by atoms with van der Waals surface area (Å²) < 4.78 is 7.39. The number of aromatic nitrogens is 1. The maximum atomic E-state index is 12.8. The monoisotopic (exact) mass is 331 g/mol. The number of anilines is 1. The SMILES string of the molecule is Cc1oc(-n2cccc2)c(C#N)c1C(=O)Nc1ccc2c(c1)CCC2. The number of carbonyl (C=O) groups excluding carboxylic acids is 1. The van der Waals surface area contributed by atoms with E-state index in [1.54, 1.807) is 23.9 Å². The van der Waals surface area contributed by atoms with E-state index in [1.807, 2.05) is 24.3 Å². The first-order chi connectivity index (χ1) is 12.2. The average molecular weight is 331 g/mol. The second-order valence-electron chi connectivity index (χ2n) is 6.21. The molecule has 124 valence electrons. The molecule has 0 unspecified atom stereocenters. The number of benzene rings is 1. The van der Waals surface area contributed by atoms with Gasteiger partial charge in [-0.2, -0.15) is 5.26 Å². The molecule has 1 N–H and O–H groups in total. The Morgan fingerprint density at radius 3 is 2.76 bits per heavy atom. The zero-order valence-corrected chi connectivity index (χ0v) is 13.9. The van der Waals surface area contributed by atoms with Crippen molar-refractivity contribution in [2.75, 3.05) is 5.32 Å². The minimum atomic E-state index is -0.325. The van der Waals surface area contributed by atoms with Crippen molar-refractivity contribution in [3.05, 3.63) is 70.7 Å². The number of nitriles is 1. The van der Waals surface area contributed by atoms with Gasteiger partial charge in [-0.25, -0.2) is 0 Å². The van der Waals surface area contributed by atoms with Crippen LogP contribution in [0.1, 0.15) is 39.2 Å². The van der Waals surface area contributed by atoms with Gasteiger partial charge in [-0.15, -0.1) is 0 Å². The lowest BCUT2D eigenvalue weighted by atomic mass is 10.1. The van der Waals surface area contributed by atoms with Crippen molar-refractivity contribution >= 4 is 11.6 Å². The molecule has 0 radical (unpaired) electrons. The van der Waals surface area contributed by atoms with Crippen LogP contribution >= 0.6 is 0 Å². The van der Waals surface area contributed by atoms with Gasteiger partial charge in [0.1, 0.15) is 23.0 Å². The standard InChI is InChI=1S/C20H17N3O2/c1-13-18(17(12-21)20(25-13)23-9-2-3-10-23)19(24)22-16-8-7-14-5-4-6-15(14)11-16/h2-3,7-11H,4-6H2,1H3,(H,22,24). The van der Waals surface area contributed by atoms with Gasteiger partial charge in [0.2, 0.25) is 5.88 Å². The number of hydrogen-bond acceptors (Lipinski definition) is 3. The lowest BCUT2D eigenvalue weighted by Gasteiger charge is -2.07. The van der Waals surface area contributed by atoms with E-state index in [9.17, 15) is 10.1 Å². The largest absolute Gasteiger partial charge is 0.443 e. The number of rotatable bonds is 3. The number of fused-ring (bicyclic) bond motifs is 1. The summed E-state index contributed by atoms with van der Waals surface area (Å²) in [4.78, 5) is 12.8. The molecule has 0 saturated heterocycles. The van der Waals surface area contributed by atoms with Gasteiger partial charge in [-0.1, -0.05) is 6.07 Å². The van der Waals surface area contributed by atoms with E-state index in [0.717, 1.165) is 24.9 Å². The molecular weight excluding hydrogens is 314 g/mol. The van der Waals surface area contributed by atoms with Gasteiger partial charge in [-0.05, 0) is 61.6 Å². The zero-order valence-electron chi connectivity index (χ0n) is 13.9. The summed E-state index contributed by atoms with van der Waals surface area (Å²) in [6.07, 6.45) is 6.86. The molecule has 0 spiro atoms. The maximum absolute atomic E-state index is 12.8. The number of aryl methyl sites for hydroxylation is 3. The summed E-state index contributed by atoms with van der Waals surface area (Å²) in [5.41, 5.74) is 3.91. The van der Waals surface area contributed by atoms with Crippen LogP contribution in [0.2, 0.25) is 0 Å². The topological polar surface area (TPSA) is 71.0 Å². The molecule has 1 aliphatic carbocycles. The first kappa shape index (κ1) is 15.3. The maximum Gasteiger partial charge on any atom is 0.260 e. The Morgan fingerprint density at radius 1 is 1.24 bits per heavy atom. The van der Waals surface area contributed by atoms with Crippen LogP contribution in [-0.2, 0) is 12.8 Å². The van der Waals surface area contributed by atoms with E-state index in [-0.39, 0.29) is 17.0 Å². The number of furan rings is 1. The van der Waals surface area contributed by atoms with Crippen LogP contribution in [-0.4, -0.2) is 10.5 Å². The molecule has 1 aliphatic rings. The minimum Gasteiger partial charge on any atom is -0.443 e. The zero-order chi connectivity index (χ0) is 17.4. The second-order valence-corrected chi connectivity index (χ2v) is 6.21. The van der Waals surface area contributed by atoms with Gasteiger partial charge >= 0.3 is 0 Å². The molecular formula is C20H17N3O2. The Kier molecular flexibility index (Phi) is 3.66. The predicted molar refractivity (Wildman–Crippen MR) is 93.9 cm³/mol. The van der Waals surface area contributed by atoms with Gasteiger partial charge in [0.05, 0.1) is 0 Å². The van der Waals surface area contributed by atoms with Gasteiger partial charge in [0.15, 0.2) is 0 Å². The molecule has 0 aliphatic heterocycles. The van der Waals surface area contributed by atoms with Crippen LogP contribution in [0.15, 0.2) is 47.1 Å². The Labute approximate surface area is 145 Å². The van der Waals surface area contributed by atoms with Crippen molar-refractivity contribution in [1.82, 2.24) is 4.57 Å². The molecule has 0 atom stereocenters. The fourth-order valence-electron chi connectivity index (χ4n) is 3.40. The molecule has 5 nitrogen and oxygen atoms in total. The molecule has 5 heteroatoms. The third kappa shape index (κ3) is 2.62. The van der Waals surface area contributed by atoms with Crippen LogP contribution in [0.25, 0.3) is 5.88 Å². The van der Waals surface area contributed by atoms with Crippen molar-refractivity contribution in [2.24, 2.45) is 0 Å². The van der Waals surface area contributed by atoms with E-state index in [2.05, 4.69) is 17.5 Å². The number of carbonyl (C=O) groups is 1. The van der Waals surface area contributed by atoms with Gasteiger partial charge in [0, 0.05) is 18.1 Å². The highest BCUT2D eigenvalue weighted by atomic mass is 16.4. The van der Waals surface area contributed by atoms with Gasteiger partial charge < -0.3 is 9.73 Å². The van der Waals surface area contributed by atoms with Crippen molar-refractivity contribution < 1.29 is 9.21 Å². The van der Waals surface area contributed by atoms with Crippen LogP contribution < -0.4 is 5.32 Å². The second kappa shape index (κ2) is 5.99. The summed E-state index contributed by atoms with van der Waals surface area (Å²) in [5, 5.41) is 12.5. The Bertz CT molecular complexity index is 991. The Balaban J connectivity index is 1.68. The molecule has 4 rings (SSSR count). The Hall–Kier alpha value is -3.26. The quantitative estimate of drug-likeness (QED) is 0.789. The smallest absolute Gasteiger partial charge is 0.260 e. The first-order valence-corrected chi connectivity index (χ1v) is 8.27. The lowest BCUT2D eigenvalue weighted by molar-refractivity contribution is 0.102. The van der Waals surface area contributed by atoms with Crippen molar-refractivity contribution in [2.45, 2.75) is 26.2 Å². The van der Waals surface area contributed by atoms with E-state index >= 15 is 0 Å². The predicted octanol–water partition coefficient (Wildman–Crippen LogP) is 3.99. The summed E-state index contributed by atoms with van der Waals surface area (Å²) in [5.74, 6) is 0.470. The molecule has 0 fully saturated rings. The highest BCUT2D eigenvalue weighted by Crippen LogP contribution is 2.28. The minimum absolute atomic E-state index is 0.243. The van der Waals surface area contributed by atoms with Crippen molar-refractivity contribution in [1.29, 1.82) is 5.26 Å². The molecule has 1 amide bonds. The Morgan fingerprint density at radius 2 is 2.00 bits per heavy atom. The number of hydrogen-bond donors (Lipinski definition) is 1. The van der Waals surface area contributed by atoms with Crippen LogP contribution in [0.4, 0.5) is 5.69 Å².